The Kier molecular flexibility index (Phi) is 4.81. The number of amides is 2. The van der Waals surface area contributed by atoms with Crippen molar-refractivity contribution in [1.29, 1.82) is 0 Å². The van der Waals surface area contributed by atoms with Crippen LogP contribution >= 0.6 is 11.6 Å². The molecule has 1 aliphatic rings. The maximum atomic E-state index is 11.5. The minimum absolute atomic E-state index is 0.132. The normalized spacial score (nSPS) is 19.3. The molecular weight excluding hydrogens is 218 g/mol. The van der Waals surface area contributed by atoms with Crippen LogP contribution in [0, 0.1) is 4.91 Å². The first-order chi connectivity index (χ1) is 7.16. The third-order valence-electron chi connectivity index (χ3n) is 2.73. The van der Waals surface area contributed by atoms with Gasteiger partial charge in [0.15, 0.2) is 0 Å². The van der Waals surface area contributed by atoms with Crippen molar-refractivity contribution in [3.63, 3.8) is 0 Å². The van der Waals surface area contributed by atoms with E-state index in [2.05, 4.69) is 5.29 Å². The first kappa shape index (κ1) is 12.2. The zero-order valence-electron chi connectivity index (χ0n) is 8.78. The number of nitroso groups, excluding NO2 is 1. The number of hydrogen-bond donors (Lipinski definition) is 1. The van der Waals surface area contributed by atoms with Gasteiger partial charge in [-0.2, -0.15) is 5.43 Å². The molecule has 1 saturated carbocycles. The van der Waals surface area contributed by atoms with Crippen molar-refractivity contribution in [2.45, 2.75) is 50.6 Å². The van der Waals surface area contributed by atoms with E-state index in [1.807, 2.05) is 5.43 Å². The van der Waals surface area contributed by atoms with Gasteiger partial charge in [-0.05, 0) is 19.8 Å². The van der Waals surface area contributed by atoms with E-state index >= 15 is 0 Å². The molecule has 0 aromatic rings. The summed E-state index contributed by atoms with van der Waals surface area (Å²) in [5.41, 5.74) is 1.47. The third kappa shape index (κ3) is 3.34. The summed E-state index contributed by atoms with van der Waals surface area (Å²) in [5.74, 6) is 0. The molecule has 0 spiro atoms. The molecule has 0 heterocycles. The van der Waals surface area contributed by atoms with Crippen molar-refractivity contribution in [2.75, 3.05) is 0 Å². The number of alkyl halides is 1. The number of urea groups is 1. The first-order valence-electron chi connectivity index (χ1n) is 5.21. The monoisotopic (exact) mass is 233 g/mol. The topological polar surface area (TPSA) is 61.8 Å². The Balaban J connectivity index is 2.62. The quantitative estimate of drug-likeness (QED) is 0.353. The number of hydrogen-bond acceptors (Lipinski definition) is 3. The van der Waals surface area contributed by atoms with Crippen LogP contribution in [-0.2, 0) is 0 Å². The molecule has 86 valence electrons. The van der Waals surface area contributed by atoms with Gasteiger partial charge in [-0.1, -0.05) is 30.9 Å². The Bertz CT molecular complexity index is 229. The van der Waals surface area contributed by atoms with Gasteiger partial charge < -0.3 is 4.90 Å². The van der Waals surface area contributed by atoms with Crippen LogP contribution in [0.3, 0.4) is 0 Å². The summed E-state index contributed by atoms with van der Waals surface area (Å²) in [5, 5.41) is 2.38. The maximum absolute atomic E-state index is 11.5. The molecule has 15 heavy (non-hydrogen) atoms. The molecule has 0 aromatic carbocycles. The second-order valence-corrected chi connectivity index (χ2v) is 4.41. The van der Waals surface area contributed by atoms with E-state index in [0.29, 0.717) is 0 Å². The summed E-state index contributed by atoms with van der Waals surface area (Å²) in [6.45, 7) is 1.72. The van der Waals surface area contributed by atoms with Crippen LogP contribution in [0.25, 0.3) is 0 Å². The highest BCUT2D eigenvalue weighted by molar-refractivity contribution is 6.21. The van der Waals surface area contributed by atoms with Crippen LogP contribution < -0.4 is 5.43 Å². The number of carbonyl (C=O) groups excluding carboxylic acids is 1. The summed E-state index contributed by atoms with van der Waals surface area (Å²) in [6, 6.07) is -0.368. The van der Waals surface area contributed by atoms with Gasteiger partial charge in [0.05, 0.1) is 5.29 Å². The van der Waals surface area contributed by atoms with Crippen molar-refractivity contribution >= 4 is 17.6 Å². The number of halogens is 1. The fraction of sp³-hybridized carbons (Fsp3) is 0.889. The molecule has 1 unspecified atom stereocenters. The second kappa shape index (κ2) is 5.90. The molecule has 0 saturated heterocycles. The lowest BCUT2D eigenvalue weighted by atomic mass is 9.94. The highest BCUT2D eigenvalue weighted by atomic mass is 35.5. The van der Waals surface area contributed by atoms with Crippen molar-refractivity contribution in [1.82, 2.24) is 10.3 Å². The lowest BCUT2D eigenvalue weighted by Gasteiger charge is -2.35. The molecule has 0 aliphatic heterocycles. The summed E-state index contributed by atoms with van der Waals surface area (Å²) in [7, 11) is 0. The molecule has 0 radical (unpaired) electrons. The van der Waals surface area contributed by atoms with Crippen LogP contribution in [0.15, 0.2) is 5.29 Å². The van der Waals surface area contributed by atoms with Gasteiger partial charge in [-0.15, -0.1) is 4.91 Å². The lowest BCUT2D eigenvalue weighted by molar-refractivity contribution is 0.150. The molecular formula is C9H16ClN3O2. The lowest BCUT2D eigenvalue weighted by Crippen LogP contribution is -2.48. The summed E-state index contributed by atoms with van der Waals surface area (Å²) in [6.07, 6.45) is 5.31. The predicted molar refractivity (Wildman–Crippen MR) is 58.4 cm³/mol. The molecule has 1 atom stereocenters. The van der Waals surface area contributed by atoms with Gasteiger partial charge in [0.2, 0.25) is 0 Å². The van der Waals surface area contributed by atoms with Crippen molar-refractivity contribution < 1.29 is 4.79 Å². The molecule has 1 rings (SSSR count). The van der Waals surface area contributed by atoms with E-state index in [-0.39, 0.29) is 6.04 Å². The Morgan fingerprint density at radius 3 is 2.53 bits per heavy atom. The molecule has 1 N–H and O–H groups in total. The van der Waals surface area contributed by atoms with Gasteiger partial charge >= 0.3 is 6.03 Å². The van der Waals surface area contributed by atoms with Gasteiger partial charge in [0, 0.05) is 6.04 Å². The van der Waals surface area contributed by atoms with Crippen molar-refractivity contribution in [3.05, 3.63) is 4.91 Å². The van der Waals surface area contributed by atoms with Gasteiger partial charge in [0.1, 0.15) is 5.50 Å². The van der Waals surface area contributed by atoms with E-state index in [1.165, 1.54) is 11.3 Å². The zero-order chi connectivity index (χ0) is 11.3. The van der Waals surface area contributed by atoms with Crippen LogP contribution in [0.4, 0.5) is 4.79 Å². The minimum atomic E-state index is -0.501. The fourth-order valence-corrected chi connectivity index (χ4v) is 2.32. The average Bonchev–Trinajstić information content (AvgIpc) is 2.19. The van der Waals surface area contributed by atoms with E-state index in [1.54, 1.807) is 6.92 Å². The number of rotatable bonds is 3. The van der Waals surface area contributed by atoms with Crippen LogP contribution in [-0.4, -0.2) is 22.5 Å². The van der Waals surface area contributed by atoms with E-state index in [4.69, 9.17) is 11.6 Å². The SMILES string of the molecule is CC(Cl)N(C(=O)NN=O)C1CCCCC1. The minimum Gasteiger partial charge on any atom is -0.304 e. The third-order valence-corrected chi connectivity index (χ3v) is 2.94. The maximum Gasteiger partial charge on any atom is 0.341 e. The van der Waals surface area contributed by atoms with Gasteiger partial charge in [-0.3, -0.25) is 0 Å². The number of nitrogens with one attached hydrogen (secondary N) is 1. The average molecular weight is 234 g/mol. The summed E-state index contributed by atoms with van der Waals surface area (Å²) >= 11 is 5.93. The number of carbonyl (C=O) groups is 1. The van der Waals surface area contributed by atoms with E-state index in [9.17, 15) is 9.70 Å². The fourth-order valence-electron chi connectivity index (χ4n) is 2.07. The van der Waals surface area contributed by atoms with Gasteiger partial charge in [0.25, 0.3) is 0 Å². The van der Waals surface area contributed by atoms with Crippen LogP contribution in [0.5, 0.6) is 0 Å². The van der Waals surface area contributed by atoms with E-state index < -0.39 is 11.5 Å². The highest BCUT2D eigenvalue weighted by Crippen LogP contribution is 2.25. The summed E-state index contributed by atoms with van der Waals surface area (Å²) < 4.78 is 0. The molecule has 5 nitrogen and oxygen atoms in total. The molecule has 0 aromatic heterocycles. The first-order valence-corrected chi connectivity index (χ1v) is 5.65. The molecule has 6 heteroatoms. The molecule has 2 amide bonds. The van der Waals surface area contributed by atoms with Crippen LogP contribution in [0.1, 0.15) is 39.0 Å². The molecule has 1 fully saturated rings. The van der Waals surface area contributed by atoms with E-state index in [0.717, 1.165) is 25.7 Å². The smallest absolute Gasteiger partial charge is 0.304 e. The standard InChI is InChI=1S/C9H16ClN3O2/c1-7(10)13(9(14)11-12-15)8-5-3-2-4-6-8/h7-8H,2-6H2,1H3,(H,11,14,15). The Morgan fingerprint density at radius 1 is 1.47 bits per heavy atom. The molecule has 1 aliphatic carbocycles. The predicted octanol–water partition coefficient (Wildman–Crippen LogP) is 2.60. The zero-order valence-corrected chi connectivity index (χ0v) is 9.54. The van der Waals surface area contributed by atoms with Gasteiger partial charge in [-0.25, -0.2) is 4.79 Å². The number of nitrogens with zero attached hydrogens (tertiary/aromatic N) is 2. The Labute approximate surface area is 94.1 Å². The Hall–Kier alpha value is -0.840. The largest absolute Gasteiger partial charge is 0.341 e. The molecule has 0 bridgehead atoms. The Morgan fingerprint density at radius 2 is 2.07 bits per heavy atom. The second-order valence-electron chi connectivity index (χ2n) is 3.78. The van der Waals surface area contributed by atoms with Crippen molar-refractivity contribution in [3.8, 4) is 0 Å². The highest BCUT2D eigenvalue weighted by Gasteiger charge is 2.28. The summed E-state index contributed by atoms with van der Waals surface area (Å²) in [4.78, 5) is 23.0. The van der Waals surface area contributed by atoms with Crippen LogP contribution in [0.2, 0.25) is 0 Å². The van der Waals surface area contributed by atoms with Crippen molar-refractivity contribution in [2.24, 2.45) is 5.29 Å².